The molecule has 10 heteroatoms. The Morgan fingerprint density at radius 3 is 2.46 bits per heavy atom. The molecule has 3 rings (SSSR count). The smallest absolute Gasteiger partial charge is 0.328 e. The molecule has 1 aliphatic heterocycles. The minimum atomic E-state index is -0.919. The summed E-state index contributed by atoms with van der Waals surface area (Å²) in [6.07, 6.45) is 3.60. The second-order valence-electron chi connectivity index (χ2n) is 8.71. The van der Waals surface area contributed by atoms with E-state index in [-0.39, 0.29) is 27.9 Å². The third-order valence-corrected chi connectivity index (χ3v) is 6.63. The summed E-state index contributed by atoms with van der Waals surface area (Å²) >= 11 is 12.2. The number of benzene rings is 2. The molecule has 0 saturated heterocycles. The normalized spacial score (nSPS) is 14.1. The molecular formula is C27H31Cl2N3O5. The molecule has 0 bridgehead atoms. The number of nitrogens with one attached hydrogen (secondary N) is 1. The van der Waals surface area contributed by atoms with E-state index in [4.69, 9.17) is 32.7 Å². The number of carbonyl (C=O) groups excluding carboxylic acids is 3. The second kappa shape index (κ2) is 14.0. The number of hydrogen-bond acceptors (Lipinski definition) is 6. The van der Waals surface area contributed by atoms with Gasteiger partial charge in [0.1, 0.15) is 11.8 Å². The van der Waals surface area contributed by atoms with E-state index in [1.54, 1.807) is 30.1 Å². The molecule has 0 saturated carbocycles. The summed E-state index contributed by atoms with van der Waals surface area (Å²) in [5.74, 6) is -0.398. The van der Waals surface area contributed by atoms with E-state index in [1.165, 1.54) is 7.11 Å². The maximum Gasteiger partial charge on any atom is 0.328 e. The maximum absolute atomic E-state index is 12.7. The number of nitrogens with zero attached hydrogens (tertiary/aromatic N) is 2. The minimum Gasteiger partial charge on any atom is -0.494 e. The molecule has 37 heavy (non-hydrogen) atoms. The van der Waals surface area contributed by atoms with Gasteiger partial charge in [-0.3, -0.25) is 14.6 Å². The average Bonchev–Trinajstić information content (AvgIpc) is 2.88. The molecule has 0 aliphatic carbocycles. The van der Waals surface area contributed by atoms with Gasteiger partial charge in [-0.25, -0.2) is 4.79 Å². The van der Waals surface area contributed by atoms with Crippen LogP contribution in [0.1, 0.15) is 41.6 Å². The lowest BCUT2D eigenvalue weighted by molar-refractivity contribution is -0.142. The van der Waals surface area contributed by atoms with Crippen molar-refractivity contribution in [1.82, 2.24) is 10.2 Å². The van der Waals surface area contributed by atoms with Crippen molar-refractivity contribution in [3.63, 3.8) is 0 Å². The van der Waals surface area contributed by atoms with Gasteiger partial charge in [0.05, 0.1) is 41.6 Å². The van der Waals surface area contributed by atoms with Crippen molar-refractivity contribution in [3.05, 3.63) is 63.6 Å². The fraction of sp³-hybridized carbons (Fsp3) is 0.407. The third-order valence-electron chi connectivity index (χ3n) is 6.00. The largest absolute Gasteiger partial charge is 0.494 e. The van der Waals surface area contributed by atoms with E-state index in [1.807, 2.05) is 24.3 Å². The first-order chi connectivity index (χ1) is 17.8. The van der Waals surface area contributed by atoms with Crippen molar-refractivity contribution in [2.24, 2.45) is 4.99 Å². The van der Waals surface area contributed by atoms with Gasteiger partial charge in [-0.2, -0.15) is 0 Å². The first-order valence-electron chi connectivity index (χ1n) is 12.1. The lowest BCUT2D eigenvalue weighted by Crippen LogP contribution is -2.43. The van der Waals surface area contributed by atoms with Crippen molar-refractivity contribution in [2.45, 2.75) is 38.1 Å². The lowest BCUT2D eigenvalue weighted by Gasteiger charge is -2.21. The number of unbranched alkanes of at least 4 members (excludes halogenated alkanes) is 2. The Bertz CT molecular complexity index is 1120. The Labute approximate surface area is 226 Å². The highest BCUT2D eigenvalue weighted by atomic mass is 35.5. The van der Waals surface area contributed by atoms with Crippen LogP contribution in [-0.2, 0) is 20.7 Å². The van der Waals surface area contributed by atoms with Gasteiger partial charge < -0.3 is 19.7 Å². The van der Waals surface area contributed by atoms with Crippen LogP contribution < -0.4 is 10.1 Å². The number of rotatable bonds is 12. The highest BCUT2D eigenvalue weighted by Crippen LogP contribution is 2.24. The molecule has 1 heterocycles. The zero-order valence-electron chi connectivity index (χ0n) is 21.0. The predicted octanol–water partition coefficient (Wildman–Crippen LogP) is 4.36. The number of methoxy groups -OCH3 is 1. The fourth-order valence-corrected chi connectivity index (χ4v) is 4.48. The number of aliphatic imine (C=N–C) groups is 1. The first-order valence-corrected chi connectivity index (χ1v) is 12.9. The minimum absolute atomic E-state index is 0.0317. The highest BCUT2D eigenvalue weighted by Gasteiger charge is 2.25. The maximum atomic E-state index is 12.7. The molecular weight excluding hydrogens is 517 g/mol. The molecule has 198 valence electrons. The molecule has 1 N–H and O–H groups in total. The highest BCUT2D eigenvalue weighted by molar-refractivity contribution is 6.40. The van der Waals surface area contributed by atoms with E-state index in [0.29, 0.717) is 37.6 Å². The van der Waals surface area contributed by atoms with Gasteiger partial charge in [-0.05, 0) is 55.5 Å². The van der Waals surface area contributed by atoms with Crippen LogP contribution in [0.4, 0.5) is 0 Å². The number of amides is 2. The van der Waals surface area contributed by atoms with Crippen molar-refractivity contribution >= 4 is 46.7 Å². The van der Waals surface area contributed by atoms with Crippen LogP contribution >= 0.6 is 23.2 Å². The Morgan fingerprint density at radius 1 is 1.08 bits per heavy atom. The summed E-state index contributed by atoms with van der Waals surface area (Å²) in [4.78, 5) is 43.2. The first kappa shape index (κ1) is 28.5. The molecule has 2 aromatic rings. The molecule has 1 aliphatic rings. The predicted molar refractivity (Wildman–Crippen MR) is 144 cm³/mol. The van der Waals surface area contributed by atoms with Gasteiger partial charge in [-0.15, -0.1) is 0 Å². The Hall–Kier alpha value is -3.10. The van der Waals surface area contributed by atoms with Crippen LogP contribution in [0.15, 0.2) is 47.5 Å². The summed E-state index contributed by atoms with van der Waals surface area (Å²) in [6.45, 7) is 1.92. The van der Waals surface area contributed by atoms with Crippen molar-refractivity contribution in [1.29, 1.82) is 0 Å². The van der Waals surface area contributed by atoms with Gasteiger partial charge in [-0.1, -0.05) is 41.4 Å². The van der Waals surface area contributed by atoms with Crippen molar-refractivity contribution < 1.29 is 23.9 Å². The molecule has 2 aromatic carbocycles. The fourth-order valence-electron chi connectivity index (χ4n) is 3.91. The van der Waals surface area contributed by atoms with Gasteiger partial charge in [0.15, 0.2) is 0 Å². The van der Waals surface area contributed by atoms with E-state index in [9.17, 15) is 14.4 Å². The van der Waals surface area contributed by atoms with Gasteiger partial charge in [0, 0.05) is 20.0 Å². The zero-order chi connectivity index (χ0) is 26.8. The summed E-state index contributed by atoms with van der Waals surface area (Å²) in [6, 6.07) is 11.1. The lowest BCUT2D eigenvalue weighted by atomic mass is 10.0. The number of esters is 1. The number of halogens is 2. The molecule has 0 unspecified atom stereocenters. The summed E-state index contributed by atoms with van der Waals surface area (Å²) in [5.41, 5.74) is 1.59. The second-order valence-corrected chi connectivity index (χ2v) is 9.52. The monoisotopic (exact) mass is 547 g/mol. The number of ether oxygens (including phenoxy) is 2. The van der Waals surface area contributed by atoms with Crippen LogP contribution in [0.3, 0.4) is 0 Å². The molecule has 1 atom stereocenters. The van der Waals surface area contributed by atoms with Crippen LogP contribution in [0.25, 0.3) is 0 Å². The van der Waals surface area contributed by atoms with Crippen LogP contribution in [0, 0.1) is 0 Å². The molecule has 8 nitrogen and oxygen atoms in total. The van der Waals surface area contributed by atoms with E-state index >= 15 is 0 Å². The van der Waals surface area contributed by atoms with Crippen molar-refractivity contribution in [2.75, 3.05) is 33.9 Å². The summed E-state index contributed by atoms with van der Waals surface area (Å²) < 4.78 is 10.7. The average molecular weight is 548 g/mol. The SMILES string of the molecule is COC(=O)[C@H](Cc1ccc(OCCCCCC2=NCCN(C)C2=O)cc1)NC(=O)c1c(Cl)cccc1Cl. The van der Waals surface area contributed by atoms with Crippen molar-refractivity contribution in [3.8, 4) is 5.75 Å². The van der Waals surface area contributed by atoms with Crippen LogP contribution in [-0.4, -0.2) is 68.3 Å². The Kier molecular flexibility index (Phi) is 10.8. The Balaban J connectivity index is 1.46. The number of hydrogen-bond donors (Lipinski definition) is 1. The number of carbonyl (C=O) groups is 3. The van der Waals surface area contributed by atoms with Gasteiger partial charge in [0.25, 0.3) is 11.8 Å². The Morgan fingerprint density at radius 2 is 1.78 bits per heavy atom. The molecule has 0 fully saturated rings. The molecule has 0 spiro atoms. The quantitative estimate of drug-likeness (QED) is 0.314. The number of likely N-dealkylation sites (N-methyl/N-ethyl adjacent to an activating group) is 1. The molecule has 2 amide bonds. The standard InChI is InChI=1S/C27H31Cl2N3O5/c1-32-15-14-30-22(26(32)34)9-4-3-5-16-37-19-12-10-18(11-13-19)17-23(27(35)36-2)31-25(33)24-20(28)7-6-8-21(24)29/h6-8,10-13,23H,3-5,9,14-17H2,1-2H3,(H,31,33)/t23-/m0/s1. The van der Waals surface area contributed by atoms with Crippen LogP contribution in [0.2, 0.25) is 10.0 Å². The van der Waals surface area contributed by atoms with Gasteiger partial charge >= 0.3 is 5.97 Å². The van der Waals surface area contributed by atoms with E-state index in [0.717, 1.165) is 24.8 Å². The van der Waals surface area contributed by atoms with E-state index in [2.05, 4.69) is 10.3 Å². The summed E-state index contributed by atoms with van der Waals surface area (Å²) in [5, 5.41) is 3.05. The third kappa shape index (κ3) is 8.20. The topological polar surface area (TPSA) is 97.3 Å². The molecule has 0 aromatic heterocycles. The van der Waals surface area contributed by atoms with Crippen LogP contribution in [0.5, 0.6) is 5.75 Å². The van der Waals surface area contributed by atoms with Gasteiger partial charge in [0.2, 0.25) is 0 Å². The van der Waals surface area contributed by atoms with E-state index < -0.39 is 17.9 Å². The molecule has 0 radical (unpaired) electrons. The zero-order valence-corrected chi connectivity index (χ0v) is 22.5. The summed E-state index contributed by atoms with van der Waals surface area (Å²) in [7, 11) is 3.07.